The maximum absolute atomic E-state index is 12.9. The molecule has 4 heterocycles. The lowest BCUT2D eigenvalue weighted by molar-refractivity contribution is -0.137. The highest BCUT2D eigenvalue weighted by atomic mass is 32.2. The third kappa shape index (κ3) is 5.70. The van der Waals surface area contributed by atoms with Gasteiger partial charge in [-0.15, -0.1) is 11.3 Å². The number of rotatable bonds is 6. The molecule has 0 bridgehead atoms. The van der Waals surface area contributed by atoms with Crippen molar-refractivity contribution in [3.05, 3.63) is 64.7 Å². The van der Waals surface area contributed by atoms with Crippen LogP contribution in [0.3, 0.4) is 0 Å². The monoisotopic (exact) mass is 556 g/mol. The molecule has 0 aliphatic carbocycles. The summed E-state index contributed by atoms with van der Waals surface area (Å²) >= 11 is 1.19. The zero-order valence-electron chi connectivity index (χ0n) is 19.8. The standard InChI is InChI=1S/C24H27F3N4O4S2/c25-24(26,27)18-5-3-17(4-6-18)15-30-10-7-19(16-30)28-22(32)20-14-23(35-29-20)8-11-31(12-9-23)37(33,34)21-2-1-13-36-21/h1-6,13-14,19,29H,7-12,15-16H2,(H,28,32). The molecule has 0 saturated carbocycles. The molecule has 1 amide bonds. The van der Waals surface area contributed by atoms with Crippen LogP contribution in [-0.4, -0.2) is 61.4 Å². The molecule has 1 aromatic carbocycles. The van der Waals surface area contributed by atoms with Gasteiger partial charge >= 0.3 is 6.18 Å². The SMILES string of the molecule is O=C(NC1CCN(Cc2ccc(C(F)(F)F)cc2)C1)C1=CC2(CCN(S(=O)(=O)c3cccs3)CC2)ON1. The van der Waals surface area contributed by atoms with Gasteiger partial charge in [0, 0.05) is 38.8 Å². The number of sulfonamides is 1. The molecule has 3 aliphatic heterocycles. The van der Waals surface area contributed by atoms with Gasteiger partial charge in [0.1, 0.15) is 15.5 Å². The summed E-state index contributed by atoms with van der Waals surface area (Å²) < 4.78 is 65.6. The number of carbonyl (C=O) groups excluding carboxylic acids is 1. The Morgan fingerprint density at radius 3 is 2.54 bits per heavy atom. The molecule has 8 nitrogen and oxygen atoms in total. The summed E-state index contributed by atoms with van der Waals surface area (Å²) in [6.07, 6.45) is -1.04. The van der Waals surface area contributed by atoms with Crippen LogP contribution in [0.2, 0.25) is 0 Å². The topological polar surface area (TPSA) is 91.0 Å². The first kappa shape index (κ1) is 26.2. The van der Waals surface area contributed by atoms with E-state index in [1.165, 1.54) is 27.8 Å². The average molecular weight is 557 g/mol. The number of hydroxylamine groups is 1. The molecule has 1 unspecified atom stereocenters. The Bertz CT molecular complexity index is 1260. The van der Waals surface area contributed by atoms with Crippen molar-refractivity contribution in [2.45, 2.75) is 47.8 Å². The summed E-state index contributed by atoms with van der Waals surface area (Å²) in [4.78, 5) is 20.7. The second-order valence-corrected chi connectivity index (χ2v) is 12.7. The van der Waals surface area contributed by atoms with Gasteiger partial charge in [0.2, 0.25) is 0 Å². The number of hydrogen-bond donors (Lipinski definition) is 2. The Labute approximate surface area is 217 Å². The van der Waals surface area contributed by atoms with Crippen molar-refractivity contribution < 1.29 is 31.2 Å². The van der Waals surface area contributed by atoms with Crippen LogP contribution in [0.15, 0.2) is 57.8 Å². The fraction of sp³-hybridized carbons (Fsp3) is 0.458. The fourth-order valence-corrected chi connectivity index (χ4v) is 7.48. The highest BCUT2D eigenvalue weighted by Crippen LogP contribution is 2.35. The Kier molecular flexibility index (Phi) is 7.09. The molecular formula is C24H27F3N4O4S2. The minimum absolute atomic E-state index is 0.0982. The minimum Gasteiger partial charge on any atom is -0.347 e. The molecular weight excluding hydrogens is 529 g/mol. The summed E-state index contributed by atoms with van der Waals surface area (Å²) in [6.45, 7) is 2.38. The molecule has 200 valence electrons. The molecule has 2 N–H and O–H groups in total. The highest BCUT2D eigenvalue weighted by molar-refractivity contribution is 7.91. The second-order valence-electron chi connectivity index (χ2n) is 9.55. The van der Waals surface area contributed by atoms with E-state index < -0.39 is 27.4 Å². The Morgan fingerprint density at radius 1 is 1.16 bits per heavy atom. The van der Waals surface area contributed by atoms with Crippen molar-refractivity contribution >= 4 is 27.3 Å². The van der Waals surface area contributed by atoms with E-state index in [-0.39, 0.29) is 25.0 Å². The number of alkyl halides is 3. The molecule has 1 atom stereocenters. The van der Waals surface area contributed by atoms with E-state index in [0.29, 0.717) is 42.4 Å². The van der Waals surface area contributed by atoms with Crippen LogP contribution >= 0.6 is 11.3 Å². The van der Waals surface area contributed by atoms with Gasteiger partial charge in [-0.3, -0.25) is 20.0 Å². The van der Waals surface area contributed by atoms with Crippen molar-refractivity contribution in [3.8, 4) is 0 Å². The molecule has 5 rings (SSSR count). The first-order valence-electron chi connectivity index (χ1n) is 11.9. The Morgan fingerprint density at radius 2 is 1.89 bits per heavy atom. The van der Waals surface area contributed by atoms with Crippen LogP contribution in [-0.2, 0) is 32.4 Å². The van der Waals surface area contributed by atoms with Crippen LogP contribution in [0, 0.1) is 0 Å². The second kappa shape index (κ2) is 10.0. The van der Waals surface area contributed by atoms with Crippen LogP contribution in [0.4, 0.5) is 13.2 Å². The van der Waals surface area contributed by atoms with E-state index in [9.17, 15) is 26.4 Å². The van der Waals surface area contributed by atoms with Crippen LogP contribution in [0.25, 0.3) is 0 Å². The van der Waals surface area contributed by atoms with E-state index in [0.717, 1.165) is 24.1 Å². The molecule has 3 aliphatic rings. The van der Waals surface area contributed by atoms with Crippen LogP contribution in [0.1, 0.15) is 30.4 Å². The summed E-state index contributed by atoms with van der Waals surface area (Å²) in [6, 6.07) is 8.33. The van der Waals surface area contributed by atoms with Crippen molar-refractivity contribution in [1.29, 1.82) is 0 Å². The number of piperidine rings is 1. The number of nitrogens with zero attached hydrogens (tertiary/aromatic N) is 2. The van der Waals surface area contributed by atoms with E-state index in [2.05, 4.69) is 15.7 Å². The lowest BCUT2D eigenvalue weighted by atomic mass is 9.92. The molecule has 1 spiro atoms. The highest BCUT2D eigenvalue weighted by Gasteiger charge is 2.43. The summed E-state index contributed by atoms with van der Waals surface area (Å²) in [7, 11) is -3.53. The molecule has 0 radical (unpaired) electrons. The zero-order valence-corrected chi connectivity index (χ0v) is 21.5. The third-order valence-electron chi connectivity index (χ3n) is 6.97. The van der Waals surface area contributed by atoms with Gasteiger partial charge in [-0.1, -0.05) is 18.2 Å². The summed E-state index contributed by atoms with van der Waals surface area (Å²) in [5.41, 5.74) is 2.39. The van der Waals surface area contributed by atoms with E-state index in [1.807, 2.05) is 0 Å². The molecule has 1 aromatic heterocycles. The van der Waals surface area contributed by atoms with Crippen molar-refractivity contribution in [1.82, 2.24) is 20.0 Å². The van der Waals surface area contributed by atoms with Crippen LogP contribution < -0.4 is 10.8 Å². The number of carbonyl (C=O) groups is 1. The predicted molar refractivity (Wildman–Crippen MR) is 131 cm³/mol. The van der Waals surface area contributed by atoms with E-state index >= 15 is 0 Å². The number of halogens is 3. The lowest BCUT2D eigenvalue weighted by Crippen LogP contribution is -2.46. The number of hydrogen-bond acceptors (Lipinski definition) is 7. The van der Waals surface area contributed by atoms with Gasteiger partial charge in [-0.05, 0) is 54.5 Å². The summed E-state index contributed by atoms with van der Waals surface area (Å²) in [5.74, 6) is -0.299. The summed E-state index contributed by atoms with van der Waals surface area (Å²) in [5, 5.41) is 4.72. The number of amides is 1. The zero-order chi connectivity index (χ0) is 26.3. The smallest absolute Gasteiger partial charge is 0.347 e. The predicted octanol–water partition coefficient (Wildman–Crippen LogP) is 3.10. The van der Waals surface area contributed by atoms with Crippen LogP contribution in [0.5, 0.6) is 0 Å². The normalized spacial score (nSPS) is 22.7. The lowest BCUT2D eigenvalue weighted by Gasteiger charge is -2.35. The van der Waals surface area contributed by atoms with Gasteiger partial charge in [0.05, 0.1) is 5.56 Å². The minimum atomic E-state index is -4.36. The number of benzene rings is 1. The maximum atomic E-state index is 12.9. The van der Waals surface area contributed by atoms with Crippen molar-refractivity contribution in [2.75, 3.05) is 26.2 Å². The Hall–Kier alpha value is -2.45. The van der Waals surface area contributed by atoms with E-state index in [1.54, 1.807) is 23.6 Å². The number of likely N-dealkylation sites (tertiary alicyclic amines) is 1. The van der Waals surface area contributed by atoms with E-state index in [4.69, 9.17) is 4.84 Å². The molecule has 2 fully saturated rings. The quantitative estimate of drug-likeness (QED) is 0.569. The van der Waals surface area contributed by atoms with Gasteiger partial charge < -0.3 is 5.32 Å². The molecule has 2 saturated heterocycles. The molecule has 2 aromatic rings. The van der Waals surface area contributed by atoms with Crippen molar-refractivity contribution in [3.63, 3.8) is 0 Å². The van der Waals surface area contributed by atoms with Gasteiger partial charge in [0.25, 0.3) is 15.9 Å². The average Bonchev–Trinajstić information content (AvgIpc) is 3.62. The maximum Gasteiger partial charge on any atom is 0.416 e. The van der Waals surface area contributed by atoms with Gasteiger partial charge in [-0.2, -0.15) is 17.5 Å². The Balaban J connectivity index is 1.12. The number of nitrogens with one attached hydrogen (secondary N) is 2. The van der Waals surface area contributed by atoms with Crippen molar-refractivity contribution in [2.24, 2.45) is 0 Å². The fourth-order valence-electron chi connectivity index (χ4n) is 4.89. The van der Waals surface area contributed by atoms with Gasteiger partial charge in [0.15, 0.2) is 0 Å². The third-order valence-corrected chi connectivity index (χ3v) is 10.2. The largest absolute Gasteiger partial charge is 0.416 e. The molecule has 13 heteroatoms. The first-order valence-corrected chi connectivity index (χ1v) is 14.3. The first-order chi connectivity index (χ1) is 17.5. The van der Waals surface area contributed by atoms with Gasteiger partial charge in [-0.25, -0.2) is 8.42 Å². The molecule has 37 heavy (non-hydrogen) atoms. The number of thiophene rings is 1.